The lowest BCUT2D eigenvalue weighted by Crippen LogP contribution is -2.46. The lowest BCUT2D eigenvalue weighted by Gasteiger charge is -2.34. The fourth-order valence-electron chi connectivity index (χ4n) is 2.69. The van der Waals surface area contributed by atoms with Crippen LogP contribution >= 0.6 is 11.3 Å². The summed E-state index contributed by atoms with van der Waals surface area (Å²) >= 11 is 1.73. The molecular formula is C14H21F3N2S. The minimum absolute atomic E-state index is 0.325. The second-order valence-corrected chi connectivity index (χ2v) is 6.29. The highest BCUT2D eigenvalue weighted by Gasteiger charge is 2.32. The average Bonchev–Trinajstić information content (AvgIpc) is 2.90. The SMILES string of the molecule is CCC(NC1CCN(CC(F)(F)F)CC1)c1cccs1. The molecule has 6 heteroatoms. The van der Waals surface area contributed by atoms with Crippen LogP contribution in [-0.2, 0) is 0 Å². The van der Waals surface area contributed by atoms with Crippen LogP contribution in [0.3, 0.4) is 0 Å². The predicted molar refractivity (Wildman–Crippen MR) is 76.0 cm³/mol. The second-order valence-electron chi connectivity index (χ2n) is 5.31. The first-order chi connectivity index (χ1) is 9.48. The van der Waals surface area contributed by atoms with E-state index in [1.807, 2.05) is 6.07 Å². The first-order valence-corrected chi connectivity index (χ1v) is 7.94. The van der Waals surface area contributed by atoms with Crippen molar-refractivity contribution in [3.8, 4) is 0 Å². The second kappa shape index (κ2) is 6.91. The highest BCUT2D eigenvalue weighted by atomic mass is 32.1. The summed E-state index contributed by atoms with van der Waals surface area (Å²) in [6.45, 7) is 2.41. The molecular weight excluding hydrogens is 285 g/mol. The maximum absolute atomic E-state index is 12.3. The van der Waals surface area contributed by atoms with Crippen molar-refractivity contribution in [1.82, 2.24) is 10.2 Å². The molecule has 2 rings (SSSR count). The Kier molecular flexibility index (Phi) is 5.46. The van der Waals surface area contributed by atoms with Crippen molar-refractivity contribution >= 4 is 11.3 Å². The zero-order valence-electron chi connectivity index (χ0n) is 11.6. The molecule has 114 valence electrons. The van der Waals surface area contributed by atoms with Gasteiger partial charge in [-0.15, -0.1) is 11.3 Å². The molecule has 0 aliphatic carbocycles. The van der Waals surface area contributed by atoms with Gasteiger partial charge in [0, 0.05) is 17.0 Å². The normalized spacial score (nSPS) is 20.2. The van der Waals surface area contributed by atoms with Crippen molar-refractivity contribution in [2.24, 2.45) is 0 Å². The van der Waals surface area contributed by atoms with E-state index in [1.165, 1.54) is 9.78 Å². The first-order valence-electron chi connectivity index (χ1n) is 7.06. The van der Waals surface area contributed by atoms with E-state index < -0.39 is 12.7 Å². The summed E-state index contributed by atoms with van der Waals surface area (Å²) in [5, 5.41) is 5.66. The monoisotopic (exact) mass is 306 g/mol. The largest absolute Gasteiger partial charge is 0.401 e. The number of hydrogen-bond acceptors (Lipinski definition) is 3. The fraction of sp³-hybridized carbons (Fsp3) is 0.714. The van der Waals surface area contributed by atoms with Crippen LogP contribution in [0.1, 0.15) is 37.1 Å². The van der Waals surface area contributed by atoms with Gasteiger partial charge in [-0.05, 0) is 43.8 Å². The van der Waals surface area contributed by atoms with Gasteiger partial charge in [0.25, 0.3) is 0 Å². The molecule has 0 aromatic carbocycles. The molecule has 1 aromatic heterocycles. The summed E-state index contributed by atoms with van der Waals surface area (Å²) in [5.74, 6) is 0. The molecule has 0 spiro atoms. The van der Waals surface area contributed by atoms with E-state index >= 15 is 0 Å². The Labute approximate surface area is 122 Å². The summed E-state index contributed by atoms with van der Waals surface area (Å²) in [6, 6.07) is 4.81. The van der Waals surface area contributed by atoms with Crippen molar-refractivity contribution in [2.45, 2.75) is 44.4 Å². The van der Waals surface area contributed by atoms with Crippen LogP contribution in [0.15, 0.2) is 17.5 Å². The zero-order chi connectivity index (χ0) is 14.6. The van der Waals surface area contributed by atoms with Crippen molar-refractivity contribution < 1.29 is 13.2 Å². The number of thiophene rings is 1. The van der Waals surface area contributed by atoms with E-state index in [1.54, 1.807) is 11.3 Å². The van der Waals surface area contributed by atoms with Gasteiger partial charge >= 0.3 is 6.18 Å². The molecule has 1 fully saturated rings. The number of halogens is 3. The topological polar surface area (TPSA) is 15.3 Å². The van der Waals surface area contributed by atoms with Crippen molar-refractivity contribution in [2.75, 3.05) is 19.6 Å². The highest BCUT2D eigenvalue weighted by Crippen LogP contribution is 2.25. The Morgan fingerprint density at radius 3 is 2.60 bits per heavy atom. The lowest BCUT2D eigenvalue weighted by atomic mass is 10.0. The molecule has 1 saturated heterocycles. The third kappa shape index (κ3) is 4.75. The molecule has 2 heterocycles. The van der Waals surface area contributed by atoms with E-state index in [4.69, 9.17) is 0 Å². The van der Waals surface area contributed by atoms with E-state index in [9.17, 15) is 13.2 Å². The lowest BCUT2D eigenvalue weighted by molar-refractivity contribution is -0.148. The maximum Gasteiger partial charge on any atom is 0.401 e. The quantitative estimate of drug-likeness (QED) is 0.890. The highest BCUT2D eigenvalue weighted by molar-refractivity contribution is 7.10. The minimum Gasteiger partial charge on any atom is -0.306 e. The van der Waals surface area contributed by atoms with Crippen molar-refractivity contribution in [3.63, 3.8) is 0 Å². The third-order valence-electron chi connectivity index (χ3n) is 3.72. The molecule has 0 radical (unpaired) electrons. The van der Waals surface area contributed by atoms with Crippen LogP contribution in [0.2, 0.25) is 0 Å². The summed E-state index contributed by atoms with van der Waals surface area (Å²) in [6.07, 6.45) is -1.50. The van der Waals surface area contributed by atoms with Crippen molar-refractivity contribution in [1.29, 1.82) is 0 Å². The molecule has 1 aliphatic rings. The van der Waals surface area contributed by atoms with E-state index in [-0.39, 0.29) is 0 Å². The van der Waals surface area contributed by atoms with E-state index in [0.717, 1.165) is 19.3 Å². The molecule has 1 unspecified atom stereocenters. The van der Waals surface area contributed by atoms with Gasteiger partial charge < -0.3 is 5.32 Å². The van der Waals surface area contributed by atoms with Gasteiger partial charge in [-0.25, -0.2) is 0 Å². The number of piperidine rings is 1. The Morgan fingerprint density at radius 1 is 1.40 bits per heavy atom. The standard InChI is InChI=1S/C14H21F3N2S/c1-2-12(13-4-3-9-20-13)18-11-5-7-19(8-6-11)10-14(15,16)17/h3-4,9,11-12,18H,2,5-8,10H2,1H3. The molecule has 1 atom stereocenters. The van der Waals surface area contributed by atoms with Gasteiger partial charge in [-0.1, -0.05) is 13.0 Å². The van der Waals surface area contributed by atoms with Gasteiger partial charge in [0.05, 0.1) is 6.54 Å². The Hall–Kier alpha value is -0.590. The molecule has 0 bridgehead atoms. The van der Waals surface area contributed by atoms with Crippen LogP contribution in [0.5, 0.6) is 0 Å². The molecule has 1 aromatic rings. The van der Waals surface area contributed by atoms with Crippen molar-refractivity contribution in [3.05, 3.63) is 22.4 Å². The molecule has 1 aliphatic heterocycles. The molecule has 1 N–H and O–H groups in total. The van der Waals surface area contributed by atoms with Gasteiger partial charge in [-0.2, -0.15) is 13.2 Å². The smallest absolute Gasteiger partial charge is 0.306 e. The molecule has 0 amide bonds. The van der Waals surface area contributed by atoms with E-state index in [0.29, 0.717) is 25.2 Å². The predicted octanol–water partition coefficient (Wildman–Crippen LogP) is 3.82. The molecule has 20 heavy (non-hydrogen) atoms. The Balaban J connectivity index is 1.79. The van der Waals surface area contributed by atoms with Gasteiger partial charge in [0.15, 0.2) is 0 Å². The average molecular weight is 306 g/mol. The summed E-state index contributed by atoms with van der Waals surface area (Å²) in [4.78, 5) is 2.81. The zero-order valence-corrected chi connectivity index (χ0v) is 12.4. The summed E-state index contributed by atoms with van der Waals surface area (Å²) < 4.78 is 37.0. The molecule has 2 nitrogen and oxygen atoms in total. The Morgan fingerprint density at radius 2 is 2.10 bits per heavy atom. The Bertz CT molecular complexity index is 384. The number of rotatable bonds is 5. The molecule has 0 saturated carbocycles. The summed E-state index contributed by atoms with van der Waals surface area (Å²) in [7, 11) is 0. The fourth-order valence-corrected chi connectivity index (χ4v) is 3.56. The minimum atomic E-state index is -4.08. The third-order valence-corrected chi connectivity index (χ3v) is 4.71. The first kappa shape index (κ1) is 15.8. The van der Waals surface area contributed by atoms with Crippen LogP contribution in [0, 0.1) is 0 Å². The van der Waals surface area contributed by atoms with Crippen LogP contribution < -0.4 is 5.32 Å². The number of alkyl halides is 3. The maximum atomic E-state index is 12.3. The van der Waals surface area contributed by atoms with E-state index in [2.05, 4.69) is 23.7 Å². The van der Waals surface area contributed by atoms with Gasteiger partial charge in [0.2, 0.25) is 0 Å². The van der Waals surface area contributed by atoms with Gasteiger partial charge in [-0.3, -0.25) is 4.90 Å². The van der Waals surface area contributed by atoms with Gasteiger partial charge in [0.1, 0.15) is 0 Å². The van der Waals surface area contributed by atoms with Crippen LogP contribution in [0.4, 0.5) is 13.2 Å². The number of hydrogen-bond donors (Lipinski definition) is 1. The number of likely N-dealkylation sites (tertiary alicyclic amines) is 1. The number of nitrogens with one attached hydrogen (secondary N) is 1. The van der Waals surface area contributed by atoms with Crippen LogP contribution in [0.25, 0.3) is 0 Å². The van der Waals surface area contributed by atoms with Crippen LogP contribution in [-0.4, -0.2) is 36.8 Å². The number of nitrogens with zero attached hydrogens (tertiary/aromatic N) is 1. The summed E-state index contributed by atoms with van der Waals surface area (Å²) in [5.41, 5.74) is 0.